The van der Waals surface area contributed by atoms with Crippen LogP contribution in [0.25, 0.3) is 0 Å². The van der Waals surface area contributed by atoms with Gasteiger partial charge in [-0.1, -0.05) is 43.3 Å². The van der Waals surface area contributed by atoms with Gasteiger partial charge in [-0.2, -0.15) is 0 Å². The third kappa shape index (κ3) is 5.84. The molecule has 1 aliphatic heterocycles. The van der Waals surface area contributed by atoms with Crippen LogP contribution >= 0.6 is 11.8 Å². The summed E-state index contributed by atoms with van der Waals surface area (Å²) in [7, 11) is 3.06. The topological polar surface area (TPSA) is 94.2 Å². The van der Waals surface area contributed by atoms with Gasteiger partial charge in [0.05, 0.1) is 37.8 Å². The Kier molecular flexibility index (Phi) is 8.70. The molecule has 0 spiro atoms. The van der Waals surface area contributed by atoms with Gasteiger partial charge in [-0.3, -0.25) is 9.59 Å². The van der Waals surface area contributed by atoms with Crippen molar-refractivity contribution in [3.05, 3.63) is 89.0 Å². The molecule has 4 rings (SSSR count). The largest absolute Gasteiger partial charge is 0.497 e. The van der Waals surface area contributed by atoms with Crippen LogP contribution in [0.5, 0.6) is 11.5 Å². The van der Waals surface area contributed by atoms with Gasteiger partial charge in [-0.25, -0.2) is 9.69 Å². The smallest absolute Gasteiger partial charge is 0.338 e. The maximum absolute atomic E-state index is 13.7. The maximum atomic E-state index is 13.7. The molecule has 3 aromatic rings. The number of thioether (sulfide) groups is 1. The number of anilines is 2. The first-order chi connectivity index (χ1) is 18.5. The molecule has 3 aromatic carbocycles. The molecule has 0 unspecified atom stereocenters. The Hall–Kier alpha value is -4.24. The van der Waals surface area contributed by atoms with E-state index in [1.54, 1.807) is 49.6 Å². The highest BCUT2D eigenvalue weighted by Crippen LogP contribution is 2.39. The SMILES string of the molecule is CCCCOC(=O)c1ccc(N2C(=O)C(Nc3ccc(OC)cc3OC)=C(Sc3ccccc3)C2=O)cc1. The summed E-state index contributed by atoms with van der Waals surface area (Å²) in [5, 5.41) is 3.11. The second kappa shape index (κ2) is 12.3. The standard InChI is InChI=1S/C29H28N2O6S/c1-4-5-17-37-29(34)19-11-13-20(14-12-19)31-27(32)25(26(28(31)33)38-22-9-7-6-8-10-22)30-23-16-15-21(35-2)18-24(23)36-3/h6-16,18,30H,4-5,17H2,1-3H3. The van der Waals surface area contributed by atoms with Crippen molar-refractivity contribution in [2.75, 3.05) is 31.0 Å². The van der Waals surface area contributed by atoms with E-state index in [4.69, 9.17) is 14.2 Å². The predicted molar refractivity (Wildman–Crippen MR) is 147 cm³/mol. The van der Waals surface area contributed by atoms with E-state index >= 15 is 0 Å². The van der Waals surface area contributed by atoms with Crippen LogP contribution in [0.15, 0.2) is 88.3 Å². The number of ether oxygens (including phenoxy) is 3. The second-order valence-corrected chi connectivity index (χ2v) is 9.38. The van der Waals surface area contributed by atoms with E-state index < -0.39 is 17.8 Å². The molecule has 8 nitrogen and oxygen atoms in total. The zero-order valence-corrected chi connectivity index (χ0v) is 22.2. The number of esters is 1. The Labute approximate surface area is 225 Å². The molecular weight excluding hydrogens is 504 g/mol. The summed E-state index contributed by atoms with van der Waals surface area (Å²) in [5.41, 5.74) is 1.31. The number of nitrogens with one attached hydrogen (secondary N) is 1. The van der Waals surface area contributed by atoms with Crippen molar-refractivity contribution in [3.63, 3.8) is 0 Å². The van der Waals surface area contributed by atoms with Crippen LogP contribution in [-0.2, 0) is 14.3 Å². The Morgan fingerprint density at radius 2 is 1.66 bits per heavy atom. The number of carbonyl (C=O) groups is 3. The number of rotatable bonds is 11. The van der Waals surface area contributed by atoms with Crippen molar-refractivity contribution in [2.45, 2.75) is 24.7 Å². The maximum Gasteiger partial charge on any atom is 0.338 e. The summed E-state index contributed by atoms with van der Waals surface area (Å²) in [5.74, 6) is -0.410. The quantitative estimate of drug-likeness (QED) is 0.192. The number of imide groups is 1. The molecule has 0 bridgehead atoms. The first-order valence-corrected chi connectivity index (χ1v) is 12.9. The van der Waals surface area contributed by atoms with Gasteiger partial charge in [0.2, 0.25) is 0 Å². The van der Waals surface area contributed by atoms with Gasteiger partial charge in [-0.15, -0.1) is 0 Å². The molecule has 0 aliphatic carbocycles. The van der Waals surface area contributed by atoms with E-state index in [0.717, 1.165) is 22.6 Å². The van der Waals surface area contributed by atoms with Crippen LogP contribution < -0.4 is 19.7 Å². The third-order valence-corrected chi connectivity index (χ3v) is 6.86. The molecule has 196 valence electrons. The van der Waals surface area contributed by atoms with Crippen LogP contribution in [0.1, 0.15) is 30.1 Å². The Balaban J connectivity index is 1.65. The molecule has 1 heterocycles. The molecule has 9 heteroatoms. The monoisotopic (exact) mass is 532 g/mol. The number of amides is 2. The molecule has 0 saturated carbocycles. The summed E-state index contributed by atoms with van der Waals surface area (Å²) in [6, 6.07) is 20.7. The van der Waals surface area contributed by atoms with E-state index in [1.807, 2.05) is 37.3 Å². The van der Waals surface area contributed by atoms with Gasteiger partial charge >= 0.3 is 5.97 Å². The fourth-order valence-corrected chi connectivity index (χ4v) is 4.68. The van der Waals surface area contributed by atoms with Crippen LogP contribution in [-0.4, -0.2) is 38.6 Å². The normalized spacial score (nSPS) is 13.1. The predicted octanol–water partition coefficient (Wildman–Crippen LogP) is 5.65. The van der Waals surface area contributed by atoms with Crippen LogP contribution in [0.2, 0.25) is 0 Å². The number of unbranched alkanes of at least 4 members (excludes halogenated alkanes) is 1. The number of benzene rings is 3. The fourth-order valence-electron chi connectivity index (χ4n) is 3.73. The first-order valence-electron chi connectivity index (χ1n) is 12.1. The molecule has 0 fully saturated rings. The van der Waals surface area contributed by atoms with Gasteiger partial charge in [-0.05, 0) is 55.0 Å². The van der Waals surface area contributed by atoms with Crippen molar-refractivity contribution >= 4 is 40.9 Å². The van der Waals surface area contributed by atoms with E-state index in [9.17, 15) is 14.4 Å². The lowest BCUT2D eigenvalue weighted by atomic mass is 10.2. The van der Waals surface area contributed by atoms with Gasteiger partial charge in [0, 0.05) is 11.0 Å². The van der Waals surface area contributed by atoms with Crippen molar-refractivity contribution in [3.8, 4) is 11.5 Å². The highest BCUT2D eigenvalue weighted by molar-refractivity contribution is 8.04. The molecule has 0 atom stereocenters. The average molecular weight is 533 g/mol. The highest BCUT2D eigenvalue weighted by Gasteiger charge is 2.40. The molecule has 1 N–H and O–H groups in total. The second-order valence-electron chi connectivity index (χ2n) is 8.29. The van der Waals surface area contributed by atoms with Crippen molar-refractivity contribution in [1.29, 1.82) is 0 Å². The fraction of sp³-hybridized carbons (Fsp3) is 0.207. The molecular formula is C29H28N2O6S. The van der Waals surface area contributed by atoms with E-state index in [1.165, 1.54) is 18.9 Å². The number of methoxy groups -OCH3 is 2. The Morgan fingerprint density at radius 1 is 0.921 bits per heavy atom. The molecule has 2 amide bonds. The first kappa shape index (κ1) is 26.8. The number of carbonyl (C=O) groups excluding carboxylic acids is 3. The zero-order chi connectivity index (χ0) is 27.1. The van der Waals surface area contributed by atoms with Crippen molar-refractivity contribution < 1.29 is 28.6 Å². The van der Waals surface area contributed by atoms with E-state index in [-0.39, 0.29) is 10.6 Å². The number of hydrogen-bond donors (Lipinski definition) is 1. The van der Waals surface area contributed by atoms with Gasteiger partial charge in [0.25, 0.3) is 11.8 Å². The average Bonchev–Trinajstić information content (AvgIpc) is 3.17. The Morgan fingerprint density at radius 3 is 2.32 bits per heavy atom. The van der Waals surface area contributed by atoms with Gasteiger partial charge in [0.15, 0.2) is 0 Å². The zero-order valence-electron chi connectivity index (χ0n) is 21.4. The minimum atomic E-state index is -0.524. The summed E-state index contributed by atoms with van der Waals surface area (Å²) < 4.78 is 16.0. The lowest BCUT2D eigenvalue weighted by Gasteiger charge is -2.16. The lowest BCUT2D eigenvalue weighted by molar-refractivity contribution is -0.120. The summed E-state index contributed by atoms with van der Waals surface area (Å²) in [6.07, 6.45) is 1.70. The molecule has 0 saturated heterocycles. The Bertz CT molecular complexity index is 1360. The van der Waals surface area contributed by atoms with Gasteiger partial charge < -0.3 is 19.5 Å². The molecule has 38 heavy (non-hydrogen) atoms. The summed E-state index contributed by atoms with van der Waals surface area (Å²) in [6.45, 7) is 2.35. The number of hydrogen-bond acceptors (Lipinski definition) is 8. The summed E-state index contributed by atoms with van der Waals surface area (Å²) >= 11 is 1.19. The van der Waals surface area contributed by atoms with E-state index in [0.29, 0.717) is 35.0 Å². The van der Waals surface area contributed by atoms with Gasteiger partial charge in [0.1, 0.15) is 22.1 Å². The van der Waals surface area contributed by atoms with Crippen LogP contribution in [0, 0.1) is 0 Å². The van der Waals surface area contributed by atoms with Crippen molar-refractivity contribution in [1.82, 2.24) is 0 Å². The van der Waals surface area contributed by atoms with E-state index in [2.05, 4.69) is 5.32 Å². The van der Waals surface area contributed by atoms with Crippen LogP contribution in [0.3, 0.4) is 0 Å². The minimum Gasteiger partial charge on any atom is -0.497 e. The van der Waals surface area contributed by atoms with Crippen molar-refractivity contribution in [2.24, 2.45) is 0 Å². The minimum absolute atomic E-state index is 0.121. The molecule has 1 aliphatic rings. The molecule has 0 radical (unpaired) electrons. The third-order valence-electron chi connectivity index (χ3n) is 5.77. The van der Waals surface area contributed by atoms with Crippen LogP contribution in [0.4, 0.5) is 11.4 Å². The number of nitrogens with zero attached hydrogens (tertiary/aromatic N) is 1. The summed E-state index contributed by atoms with van der Waals surface area (Å²) in [4.78, 5) is 41.7. The highest BCUT2D eigenvalue weighted by atomic mass is 32.2. The molecule has 0 aromatic heterocycles. The lowest BCUT2D eigenvalue weighted by Crippen LogP contribution is -2.32.